The average Bonchev–Trinajstić information content (AvgIpc) is 2.94. The molecule has 0 aliphatic heterocycles. The summed E-state index contributed by atoms with van der Waals surface area (Å²) in [5, 5.41) is 6.28. The number of rotatable bonds is 2. The zero-order chi connectivity index (χ0) is 16.7. The lowest BCUT2D eigenvalue weighted by Crippen LogP contribution is -2.40. The Kier molecular flexibility index (Phi) is 5.02. The highest BCUT2D eigenvalue weighted by molar-refractivity contribution is 6.08. The molecule has 0 radical (unpaired) electrons. The van der Waals surface area contributed by atoms with Crippen LogP contribution in [0.4, 0.5) is 0 Å². The van der Waals surface area contributed by atoms with Crippen molar-refractivity contribution in [2.45, 2.75) is 44.7 Å². The fourth-order valence-electron chi connectivity index (χ4n) is 3.68. The number of halogens is 1. The molecule has 0 saturated heterocycles. The zero-order valence-corrected chi connectivity index (χ0v) is 15.1. The van der Waals surface area contributed by atoms with Crippen molar-refractivity contribution < 1.29 is 9.21 Å². The topological polar surface area (TPSA) is 68.3 Å². The van der Waals surface area contributed by atoms with Gasteiger partial charge in [-0.1, -0.05) is 36.4 Å². The summed E-state index contributed by atoms with van der Waals surface area (Å²) in [6, 6.07) is 12.7. The Morgan fingerprint density at radius 2 is 1.80 bits per heavy atom. The summed E-state index contributed by atoms with van der Waals surface area (Å²) in [6.07, 6.45) is 3.81. The van der Waals surface area contributed by atoms with E-state index in [2.05, 4.69) is 17.4 Å². The SMILES string of the molecule is Cc1c(C(=O)NC2CCC(N)CC2)oc2c1ccc1ccccc12.Cl. The third-order valence-electron chi connectivity index (χ3n) is 5.14. The molecule has 1 aliphatic rings. The van der Waals surface area contributed by atoms with Crippen LogP contribution < -0.4 is 11.1 Å². The molecule has 1 aliphatic carbocycles. The molecule has 1 heterocycles. The minimum absolute atomic E-state index is 0. The number of hydrogen-bond acceptors (Lipinski definition) is 3. The highest BCUT2D eigenvalue weighted by atomic mass is 35.5. The molecule has 0 spiro atoms. The maximum absolute atomic E-state index is 12.7. The Labute approximate surface area is 153 Å². The molecule has 1 aromatic heterocycles. The van der Waals surface area contributed by atoms with Crippen LogP contribution in [0.3, 0.4) is 0 Å². The van der Waals surface area contributed by atoms with Crippen molar-refractivity contribution in [2.75, 3.05) is 0 Å². The Bertz CT molecular complexity index is 911. The maximum Gasteiger partial charge on any atom is 0.287 e. The van der Waals surface area contributed by atoms with Gasteiger partial charge in [0, 0.05) is 28.4 Å². The van der Waals surface area contributed by atoms with Crippen LogP contribution in [-0.2, 0) is 0 Å². The zero-order valence-electron chi connectivity index (χ0n) is 14.2. The quantitative estimate of drug-likeness (QED) is 0.717. The number of furan rings is 1. The molecule has 1 fully saturated rings. The standard InChI is InChI=1S/C20H22N2O2.ClH/c1-12-16-11-6-13-4-2-3-5-17(13)19(16)24-18(12)20(23)22-15-9-7-14(21)8-10-15;/h2-6,11,14-15H,7-10,21H2,1H3,(H,22,23);1H. The van der Waals surface area contributed by atoms with Gasteiger partial charge in [0.15, 0.2) is 5.76 Å². The average molecular weight is 359 g/mol. The third-order valence-corrected chi connectivity index (χ3v) is 5.14. The van der Waals surface area contributed by atoms with Crippen LogP contribution in [0.5, 0.6) is 0 Å². The van der Waals surface area contributed by atoms with Crippen molar-refractivity contribution in [1.29, 1.82) is 0 Å². The molecule has 2 aromatic carbocycles. The highest BCUT2D eigenvalue weighted by Crippen LogP contribution is 2.32. The van der Waals surface area contributed by atoms with Crippen LogP contribution in [0.2, 0.25) is 0 Å². The lowest BCUT2D eigenvalue weighted by molar-refractivity contribution is 0.0899. The minimum Gasteiger partial charge on any atom is -0.450 e. The number of aryl methyl sites for hydroxylation is 1. The van der Waals surface area contributed by atoms with E-state index >= 15 is 0 Å². The second-order valence-corrected chi connectivity index (χ2v) is 6.80. The lowest BCUT2D eigenvalue weighted by atomic mass is 9.92. The van der Waals surface area contributed by atoms with Gasteiger partial charge in [-0.05, 0) is 38.0 Å². The number of amides is 1. The van der Waals surface area contributed by atoms with Gasteiger partial charge >= 0.3 is 0 Å². The van der Waals surface area contributed by atoms with Crippen molar-refractivity contribution in [2.24, 2.45) is 5.73 Å². The summed E-state index contributed by atoms with van der Waals surface area (Å²) in [5.74, 6) is 0.310. The van der Waals surface area contributed by atoms with Crippen molar-refractivity contribution in [3.8, 4) is 0 Å². The van der Waals surface area contributed by atoms with Crippen LogP contribution in [-0.4, -0.2) is 18.0 Å². The molecule has 3 aromatic rings. The smallest absolute Gasteiger partial charge is 0.287 e. The Morgan fingerprint density at radius 1 is 1.08 bits per heavy atom. The first-order chi connectivity index (χ1) is 11.6. The van der Waals surface area contributed by atoms with Gasteiger partial charge in [-0.2, -0.15) is 0 Å². The molecule has 25 heavy (non-hydrogen) atoms. The monoisotopic (exact) mass is 358 g/mol. The van der Waals surface area contributed by atoms with Crippen molar-refractivity contribution >= 4 is 40.1 Å². The molecule has 0 atom stereocenters. The fraction of sp³-hybridized carbons (Fsp3) is 0.350. The van der Waals surface area contributed by atoms with Crippen LogP contribution in [0.1, 0.15) is 41.8 Å². The second-order valence-electron chi connectivity index (χ2n) is 6.80. The number of carbonyl (C=O) groups excluding carboxylic acids is 1. The Hall–Kier alpha value is -2.04. The molecule has 0 bridgehead atoms. The number of fused-ring (bicyclic) bond motifs is 3. The number of hydrogen-bond donors (Lipinski definition) is 2. The van der Waals surface area contributed by atoms with Gasteiger partial charge in [-0.15, -0.1) is 12.4 Å². The van der Waals surface area contributed by atoms with E-state index in [-0.39, 0.29) is 30.4 Å². The van der Waals surface area contributed by atoms with Crippen LogP contribution in [0.25, 0.3) is 21.7 Å². The van der Waals surface area contributed by atoms with Crippen molar-refractivity contribution in [3.05, 3.63) is 47.7 Å². The minimum atomic E-state index is -0.117. The predicted molar refractivity (Wildman–Crippen MR) is 103 cm³/mol. The van der Waals surface area contributed by atoms with E-state index < -0.39 is 0 Å². The predicted octanol–water partition coefficient (Wildman–Crippen LogP) is 4.32. The van der Waals surface area contributed by atoms with Crippen molar-refractivity contribution in [1.82, 2.24) is 5.32 Å². The Morgan fingerprint density at radius 3 is 2.56 bits per heavy atom. The molecule has 1 amide bonds. The van der Waals surface area contributed by atoms with E-state index in [1.165, 1.54) is 0 Å². The van der Waals surface area contributed by atoms with Gasteiger partial charge in [-0.25, -0.2) is 0 Å². The van der Waals surface area contributed by atoms with Gasteiger partial charge in [-0.3, -0.25) is 4.79 Å². The fourth-order valence-corrected chi connectivity index (χ4v) is 3.68. The molecule has 132 valence electrons. The summed E-state index contributed by atoms with van der Waals surface area (Å²) in [5.41, 5.74) is 7.63. The maximum atomic E-state index is 12.7. The molecule has 4 nitrogen and oxygen atoms in total. The van der Waals surface area contributed by atoms with E-state index in [9.17, 15) is 4.79 Å². The second kappa shape index (κ2) is 7.06. The van der Waals surface area contributed by atoms with Crippen LogP contribution >= 0.6 is 12.4 Å². The third kappa shape index (κ3) is 3.24. The van der Waals surface area contributed by atoms with Crippen LogP contribution in [0.15, 0.2) is 40.8 Å². The summed E-state index contributed by atoms with van der Waals surface area (Å²) in [4.78, 5) is 12.7. The molecular formula is C20H23ClN2O2. The normalized spacial score (nSPS) is 20.4. The number of nitrogens with one attached hydrogen (secondary N) is 1. The number of carbonyl (C=O) groups is 1. The van der Waals surface area contributed by atoms with Gasteiger partial charge < -0.3 is 15.5 Å². The molecule has 3 N–H and O–H groups in total. The highest BCUT2D eigenvalue weighted by Gasteiger charge is 2.24. The van der Waals surface area contributed by atoms with Crippen molar-refractivity contribution in [3.63, 3.8) is 0 Å². The van der Waals surface area contributed by atoms with Gasteiger partial charge in [0.2, 0.25) is 0 Å². The van der Waals surface area contributed by atoms with Gasteiger partial charge in [0.25, 0.3) is 5.91 Å². The van der Waals surface area contributed by atoms with Gasteiger partial charge in [0.05, 0.1) is 0 Å². The Balaban J connectivity index is 0.00000182. The van der Waals surface area contributed by atoms with E-state index in [0.29, 0.717) is 5.76 Å². The summed E-state index contributed by atoms with van der Waals surface area (Å²) < 4.78 is 6.00. The lowest BCUT2D eigenvalue weighted by Gasteiger charge is -2.26. The first-order valence-corrected chi connectivity index (χ1v) is 8.61. The van der Waals surface area contributed by atoms with Gasteiger partial charge in [0.1, 0.15) is 5.58 Å². The van der Waals surface area contributed by atoms with E-state index in [1.807, 2.05) is 31.2 Å². The number of nitrogens with two attached hydrogens (primary N) is 1. The molecule has 4 rings (SSSR count). The number of benzene rings is 2. The summed E-state index contributed by atoms with van der Waals surface area (Å²) in [7, 11) is 0. The summed E-state index contributed by atoms with van der Waals surface area (Å²) >= 11 is 0. The van der Waals surface area contributed by atoms with E-state index in [0.717, 1.165) is 53.0 Å². The largest absolute Gasteiger partial charge is 0.450 e. The first kappa shape index (κ1) is 17.8. The van der Waals surface area contributed by atoms with E-state index in [1.54, 1.807) is 0 Å². The van der Waals surface area contributed by atoms with E-state index in [4.69, 9.17) is 10.2 Å². The first-order valence-electron chi connectivity index (χ1n) is 8.61. The van der Waals surface area contributed by atoms with Crippen LogP contribution in [0, 0.1) is 6.92 Å². The molecule has 5 heteroatoms. The molecule has 1 saturated carbocycles. The summed E-state index contributed by atoms with van der Waals surface area (Å²) in [6.45, 7) is 1.95. The molecule has 0 unspecified atom stereocenters. The molecular weight excluding hydrogens is 336 g/mol.